The molecule has 0 amide bonds. The number of nitrogens with one attached hydrogen (secondary N) is 2. The van der Waals surface area contributed by atoms with Gasteiger partial charge in [-0.1, -0.05) is 6.92 Å². The second-order valence-electron chi connectivity index (χ2n) is 3.64. The number of aromatic amines is 1. The lowest BCUT2D eigenvalue weighted by molar-refractivity contribution is 0.141. The van der Waals surface area contributed by atoms with Crippen molar-refractivity contribution in [3.05, 3.63) is 22.2 Å². The first-order valence-electron chi connectivity index (χ1n) is 5.60. The molecular weight excluding hydrogens is 206 g/mol. The van der Waals surface area contributed by atoms with E-state index in [9.17, 15) is 4.79 Å². The summed E-state index contributed by atoms with van der Waals surface area (Å²) >= 11 is 0. The van der Waals surface area contributed by atoms with Gasteiger partial charge in [-0.05, 0) is 13.8 Å². The number of aromatic nitrogens is 2. The van der Waals surface area contributed by atoms with Gasteiger partial charge in [0.1, 0.15) is 11.6 Å². The molecule has 5 heteroatoms. The van der Waals surface area contributed by atoms with Crippen molar-refractivity contribution in [3.63, 3.8) is 0 Å². The third-order valence-electron chi connectivity index (χ3n) is 2.09. The van der Waals surface area contributed by atoms with Crippen molar-refractivity contribution in [1.82, 2.24) is 9.97 Å². The summed E-state index contributed by atoms with van der Waals surface area (Å²) in [5, 5.41) is 3.14. The van der Waals surface area contributed by atoms with E-state index in [0.29, 0.717) is 31.3 Å². The van der Waals surface area contributed by atoms with E-state index in [0.717, 1.165) is 0 Å². The highest BCUT2D eigenvalue weighted by atomic mass is 16.5. The van der Waals surface area contributed by atoms with E-state index in [1.807, 2.05) is 20.8 Å². The second kappa shape index (κ2) is 6.27. The number of ether oxygens (including phenoxy) is 1. The zero-order valence-electron chi connectivity index (χ0n) is 10.0. The van der Waals surface area contributed by atoms with E-state index in [1.165, 1.54) is 6.07 Å². The van der Waals surface area contributed by atoms with Gasteiger partial charge in [-0.2, -0.15) is 0 Å². The normalized spacial score (nSPS) is 12.4. The Hall–Kier alpha value is -1.36. The lowest BCUT2D eigenvalue weighted by Gasteiger charge is -2.14. The highest BCUT2D eigenvalue weighted by molar-refractivity contribution is 5.34. The van der Waals surface area contributed by atoms with Gasteiger partial charge in [0.25, 0.3) is 5.56 Å². The highest BCUT2D eigenvalue weighted by Gasteiger charge is 2.04. The summed E-state index contributed by atoms with van der Waals surface area (Å²) in [4.78, 5) is 18.3. The number of hydrogen-bond donors (Lipinski definition) is 2. The fraction of sp³-hybridized carbons (Fsp3) is 0.636. The maximum absolute atomic E-state index is 11.3. The molecule has 0 aliphatic heterocycles. The molecule has 90 valence electrons. The SMILES string of the molecule is CCOCC(C)Nc1cc(=O)[nH]c(CC)n1. The van der Waals surface area contributed by atoms with Crippen LogP contribution in [0.15, 0.2) is 10.9 Å². The Balaban J connectivity index is 2.65. The van der Waals surface area contributed by atoms with Gasteiger partial charge in [-0.15, -0.1) is 0 Å². The molecule has 1 aromatic rings. The largest absolute Gasteiger partial charge is 0.380 e. The third kappa shape index (κ3) is 4.02. The molecule has 0 fully saturated rings. The highest BCUT2D eigenvalue weighted by Crippen LogP contribution is 2.02. The molecule has 0 spiro atoms. The maximum atomic E-state index is 11.3. The molecule has 0 saturated heterocycles. The molecule has 2 N–H and O–H groups in total. The Bertz CT molecular complexity index is 376. The van der Waals surface area contributed by atoms with Crippen LogP contribution in [0.5, 0.6) is 0 Å². The Kier molecular flexibility index (Phi) is 4.98. The van der Waals surface area contributed by atoms with Gasteiger partial charge in [-0.25, -0.2) is 4.98 Å². The average Bonchev–Trinajstić information content (AvgIpc) is 2.25. The van der Waals surface area contributed by atoms with E-state index in [4.69, 9.17) is 4.74 Å². The number of nitrogens with zero attached hydrogens (tertiary/aromatic N) is 1. The summed E-state index contributed by atoms with van der Waals surface area (Å²) in [5.74, 6) is 1.30. The van der Waals surface area contributed by atoms with Crippen LogP contribution < -0.4 is 10.9 Å². The van der Waals surface area contributed by atoms with Crippen LogP contribution in [0.4, 0.5) is 5.82 Å². The predicted molar refractivity (Wildman–Crippen MR) is 63.8 cm³/mol. The van der Waals surface area contributed by atoms with E-state index in [2.05, 4.69) is 15.3 Å². The number of hydrogen-bond acceptors (Lipinski definition) is 4. The van der Waals surface area contributed by atoms with Gasteiger partial charge in [-0.3, -0.25) is 4.79 Å². The average molecular weight is 225 g/mol. The molecule has 0 aliphatic carbocycles. The number of H-pyrrole nitrogens is 1. The lowest BCUT2D eigenvalue weighted by Crippen LogP contribution is -2.24. The summed E-state index contributed by atoms with van der Waals surface area (Å²) < 4.78 is 5.28. The summed E-state index contributed by atoms with van der Waals surface area (Å²) in [6.07, 6.45) is 0.713. The number of anilines is 1. The van der Waals surface area contributed by atoms with Gasteiger partial charge in [0, 0.05) is 25.1 Å². The van der Waals surface area contributed by atoms with Crippen LogP contribution in [-0.2, 0) is 11.2 Å². The molecule has 1 atom stereocenters. The first-order chi connectivity index (χ1) is 7.65. The third-order valence-corrected chi connectivity index (χ3v) is 2.09. The van der Waals surface area contributed by atoms with Crippen LogP contribution >= 0.6 is 0 Å². The van der Waals surface area contributed by atoms with Crippen LogP contribution in [0, 0.1) is 0 Å². The van der Waals surface area contributed by atoms with E-state index >= 15 is 0 Å². The molecule has 0 aromatic carbocycles. The monoisotopic (exact) mass is 225 g/mol. The summed E-state index contributed by atoms with van der Waals surface area (Å²) in [6.45, 7) is 7.19. The molecular formula is C11H19N3O2. The second-order valence-corrected chi connectivity index (χ2v) is 3.64. The van der Waals surface area contributed by atoms with Gasteiger partial charge >= 0.3 is 0 Å². The standard InChI is InChI=1S/C11H19N3O2/c1-4-9-13-10(6-11(15)14-9)12-8(3)7-16-5-2/h6,8H,4-5,7H2,1-3H3,(H2,12,13,14,15). The molecule has 1 rings (SSSR count). The first-order valence-corrected chi connectivity index (χ1v) is 5.60. The Morgan fingerprint density at radius 3 is 2.94 bits per heavy atom. The van der Waals surface area contributed by atoms with Crippen molar-refractivity contribution in [1.29, 1.82) is 0 Å². The summed E-state index contributed by atoms with van der Waals surface area (Å²) in [5.41, 5.74) is -0.127. The first kappa shape index (κ1) is 12.7. The number of rotatable bonds is 6. The minimum atomic E-state index is -0.127. The smallest absolute Gasteiger partial charge is 0.252 e. The van der Waals surface area contributed by atoms with Crippen LogP contribution in [0.3, 0.4) is 0 Å². The van der Waals surface area contributed by atoms with Crippen molar-refractivity contribution >= 4 is 5.82 Å². The molecule has 1 aromatic heterocycles. The van der Waals surface area contributed by atoms with Gasteiger partial charge in [0.2, 0.25) is 0 Å². The van der Waals surface area contributed by atoms with Crippen molar-refractivity contribution < 1.29 is 4.74 Å². The quantitative estimate of drug-likeness (QED) is 0.762. The molecule has 1 unspecified atom stereocenters. The molecule has 0 aliphatic rings. The van der Waals surface area contributed by atoms with E-state index in [-0.39, 0.29) is 11.6 Å². The summed E-state index contributed by atoms with van der Waals surface area (Å²) in [6, 6.07) is 1.60. The van der Waals surface area contributed by atoms with Crippen molar-refractivity contribution in [3.8, 4) is 0 Å². The number of aryl methyl sites for hydroxylation is 1. The summed E-state index contributed by atoms with van der Waals surface area (Å²) in [7, 11) is 0. The topological polar surface area (TPSA) is 67.0 Å². The van der Waals surface area contributed by atoms with Gasteiger partial charge in [0.05, 0.1) is 6.61 Å². The Labute approximate surface area is 95.3 Å². The van der Waals surface area contributed by atoms with Crippen molar-refractivity contribution in [2.75, 3.05) is 18.5 Å². The van der Waals surface area contributed by atoms with Crippen molar-refractivity contribution in [2.24, 2.45) is 0 Å². The van der Waals surface area contributed by atoms with Gasteiger partial charge < -0.3 is 15.0 Å². The van der Waals surface area contributed by atoms with E-state index in [1.54, 1.807) is 0 Å². The molecule has 0 bridgehead atoms. The lowest BCUT2D eigenvalue weighted by atomic mass is 10.3. The van der Waals surface area contributed by atoms with Crippen LogP contribution in [0.2, 0.25) is 0 Å². The van der Waals surface area contributed by atoms with Crippen molar-refractivity contribution in [2.45, 2.75) is 33.2 Å². The zero-order chi connectivity index (χ0) is 12.0. The minimum absolute atomic E-state index is 0.127. The molecule has 0 radical (unpaired) electrons. The molecule has 5 nitrogen and oxygen atoms in total. The molecule has 16 heavy (non-hydrogen) atoms. The van der Waals surface area contributed by atoms with E-state index < -0.39 is 0 Å². The van der Waals surface area contributed by atoms with Crippen LogP contribution in [0.25, 0.3) is 0 Å². The fourth-order valence-corrected chi connectivity index (χ4v) is 1.34. The predicted octanol–water partition coefficient (Wildman–Crippen LogP) is 1.17. The van der Waals surface area contributed by atoms with Crippen LogP contribution in [0.1, 0.15) is 26.6 Å². The maximum Gasteiger partial charge on any atom is 0.252 e. The molecule has 1 heterocycles. The Morgan fingerprint density at radius 1 is 1.56 bits per heavy atom. The minimum Gasteiger partial charge on any atom is -0.380 e. The Morgan fingerprint density at radius 2 is 2.31 bits per heavy atom. The molecule has 0 saturated carbocycles. The van der Waals surface area contributed by atoms with Gasteiger partial charge in [0.15, 0.2) is 0 Å². The van der Waals surface area contributed by atoms with Crippen LogP contribution in [-0.4, -0.2) is 29.2 Å². The fourth-order valence-electron chi connectivity index (χ4n) is 1.34. The zero-order valence-corrected chi connectivity index (χ0v) is 10.0.